The summed E-state index contributed by atoms with van der Waals surface area (Å²) in [5, 5.41) is 0. The maximum absolute atomic E-state index is 11.4. The van der Waals surface area contributed by atoms with Crippen molar-refractivity contribution in [2.75, 3.05) is 6.61 Å². The Balaban J connectivity index is 2.51. The predicted octanol–water partition coefficient (Wildman–Crippen LogP) is 2.59. The molecule has 1 atom stereocenters. The summed E-state index contributed by atoms with van der Waals surface area (Å²) in [7, 11) is 0. The van der Waals surface area contributed by atoms with Gasteiger partial charge in [-0.1, -0.05) is 38.1 Å². The highest BCUT2D eigenvalue weighted by Crippen LogP contribution is 2.15. The Morgan fingerprint density at radius 1 is 1.29 bits per heavy atom. The summed E-state index contributed by atoms with van der Waals surface area (Å²) in [4.78, 5) is 11.4. The minimum atomic E-state index is -0.273. The third kappa shape index (κ3) is 4.57. The molecule has 3 heteroatoms. The van der Waals surface area contributed by atoms with Crippen molar-refractivity contribution in [1.82, 2.24) is 0 Å². The van der Waals surface area contributed by atoms with Crippen molar-refractivity contribution in [3.63, 3.8) is 0 Å². The molecule has 2 N–H and O–H groups in total. The molecule has 1 rings (SSSR count). The Kier molecular flexibility index (Phi) is 5.70. The lowest BCUT2D eigenvalue weighted by Gasteiger charge is -2.12. The van der Waals surface area contributed by atoms with Crippen LogP contribution in [0.3, 0.4) is 0 Å². The Bertz CT molecular complexity index is 346. The van der Waals surface area contributed by atoms with Gasteiger partial charge >= 0.3 is 5.97 Å². The number of ether oxygens (including phenoxy) is 1. The lowest BCUT2D eigenvalue weighted by molar-refractivity contribution is -0.144. The molecular formula is C14H21NO2. The Hall–Kier alpha value is -1.35. The van der Waals surface area contributed by atoms with Gasteiger partial charge < -0.3 is 10.5 Å². The molecule has 0 radical (unpaired) electrons. The van der Waals surface area contributed by atoms with Crippen LogP contribution in [0.4, 0.5) is 0 Å². The van der Waals surface area contributed by atoms with Crippen LogP contribution in [0.25, 0.3) is 0 Å². The van der Waals surface area contributed by atoms with E-state index in [9.17, 15) is 4.79 Å². The van der Waals surface area contributed by atoms with Crippen LogP contribution in [0.5, 0.6) is 0 Å². The molecule has 0 fully saturated rings. The molecule has 3 nitrogen and oxygen atoms in total. The highest BCUT2D eigenvalue weighted by Gasteiger charge is 2.12. The molecule has 0 aliphatic heterocycles. The van der Waals surface area contributed by atoms with Gasteiger partial charge in [0.1, 0.15) is 0 Å². The molecule has 0 spiro atoms. The van der Waals surface area contributed by atoms with Crippen molar-refractivity contribution in [3.8, 4) is 0 Å². The van der Waals surface area contributed by atoms with E-state index in [2.05, 4.69) is 6.92 Å². The fourth-order valence-electron chi connectivity index (χ4n) is 1.57. The number of esters is 1. The second-order valence-corrected chi connectivity index (χ2v) is 4.13. The number of rotatable bonds is 6. The van der Waals surface area contributed by atoms with Crippen molar-refractivity contribution in [3.05, 3.63) is 35.4 Å². The zero-order valence-electron chi connectivity index (χ0n) is 10.6. The van der Waals surface area contributed by atoms with Crippen molar-refractivity contribution >= 4 is 5.97 Å². The van der Waals surface area contributed by atoms with Gasteiger partial charge in [-0.15, -0.1) is 0 Å². The molecule has 0 aromatic heterocycles. The van der Waals surface area contributed by atoms with E-state index in [0.717, 1.165) is 18.4 Å². The monoisotopic (exact) mass is 235 g/mol. The van der Waals surface area contributed by atoms with E-state index < -0.39 is 0 Å². The number of benzene rings is 1. The summed E-state index contributed by atoms with van der Waals surface area (Å²) in [6.45, 7) is 4.55. The van der Waals surface area contributed by atoms with Crippen LogP contribution in [0.2, 0.25) is 0 Å². The summed E-state index contributed by atoms with van der Waals surface area (Å²) in [6, 6.07) is 7.79. The third-order valence-electron chi connectivity index (χ3n) is 2.67. The lowest BCUT2D eigenvalue weighted by Crippen LogP contribution is -2.17. The number of carbonyl (C=O) groups excluding carboxylic acids is 1. The molecule has 0 saturated carbocycles. The molecule has 0 amide bonds. The zero-order chi connectivity index (χ0) is 12.7. The minimum Gasteiger partial charge on any atom is -0.466 e. The van der Waals surface area contributed by atoms with E-state index in [1.54, 1.807) is 0 Å². The molecule has 1 unspecified atom stereocenters. The first-order valence-electron chi connectivity index (χ1n) is 6.17. The molecule has 0 saturated heterocycles. The first-order valence-corrected chi connectivity index (χ1v) is 6.17. The maximum Gasteiger partial charge on any atom is 0.307 e. The standard InChI is InChI=1S/C14H21NO2/c1-3-9-17-14(16)10-13(15)12-7-5-11(4-2)6-8-12/h5-8,13H,3-4,9-10,15H2,1-2H3. The predicted molar refractivity (Wildman–Crippen MR) is 68.6 cm³/mol. The van der Waals surface area contributed by atoms with Gasteiger partial charge in [0.05, 0.1) is 13.0 Å². The zero-order valence-corrected chi connectivity index (χ0v) is 10.6. The minimum absolute atomic E-state index is 0.223. The van der Waals surface area contributed by atoms with Crippen LogP contribution in [-0.4, -0.2) is 12.6 Å². The van der Waals surface area contributed by atoms with E-state index in [-0.39, 0.29) is 18.4 Å². The van der Waals surface area contributed by atoms with Gasteiger partial charge in [-0.25, -0.2) is 0 Å². The van der Waals surface area contributed by atoms with Crippen LogP contribution in [0.1, 0.15) is 43.9 Å². The molecule has 1 aromatic carbocycles. The molecule has 1 aromatic rings. The van der Waals surface area contributed by atoms with Crippen LogP contribution >= 0.6 is 0 Å². The summed E-state index contributed by atoms with van der Waals surface area (Å²) < 4.78 is 5.01. The maximum atomic E-state index is 11.4. The van der Waals surface area contributed by atoms with Gasteiger partial charge in [0, 0.05) is 6.04 Å². The van der Waals surface area contributed by atoms with Gasteiger partial charge in [0.2, 0.25) is 0 Å². The summed E-state index contributed by atoms with van der Waals surface area (Å²) in [6.07, 6.45) is 2.09. The topological polar surface area (TPSA) is 52.3 Å². The number of hydrogen-bond acceptors (Lipinski definition) is 3. The van der Waals surface area contributed by atoms with Gasteiger partial charge in [-0.2, -0.15) is 0 Å². The number of aryl methyl sites for hydroxylation is 1. The third-order valence-corrected chi connectivity index (χ3v) is 2.67. The first kappa shape index (κ1) is 13.7. The Morgan fingerprint density at radius 2 is 1.94 bits per heavy atom. The normalized spacial score (nSPS) is 12.2. The van der Waals surface area contributed by atoms with E-state index in [1.807, 2.05) is 31.2 Å². The van der Waals surface area contributed by atoms with Gasteiger partial charge in [0.25, 0.3) is 0 Å². The average molecular weight is 235 g/mol. The molecule has 17 heavy (non-hydrogen) atoms. The molecule has 94 valence electrons. The summed E-state index contributed by atoms with van der Waals surface area (Å²) >= 11 is 0. The fraction of sp³-hybridized carbons (Fsp3) is 0.500. The molecule has 0 heterocycles. The van der Waals surface area contributed by atoms with Crippen molar-refractivity contribution in [2.24, 2.45) is 5.73 Å². The quantitative estimate of drug-likeness (QED) is 0.771. The molecule has 0 aliphatic rings. The van der Waals surface area contributed by atoms with E-state index in [4.69, 9.17) is 10.5 Å². The largest absolute Gasteiger partial charge is 0.466 e. The second-order valence-electron chi connectivity index (χ2n) is 4.13. The summed E-state index contributed by atoms with van der Waals surface area (Å²) in [5.74, 6) is -0.223. The Labute approximate surface area is 103 Å². The first-order chi connectivity index (χ1) is 8.17. The van der Waals surface area contributed by atoms with Crippen molar-refractivity contribution in [1.29, 1.82) is 0 Å². The summed E-state index contributed by atoms with van der Waals surface area (Å²) in [5.41, 5.74) is 8.21. The average Bonchev–Trinajstić information content (AvgIpc) is 2.36. The highest BCUT2D eigenvalue weighted by molar-refractivity contribution is 5.70. The smallest absolute Gasteiger partial charge is 0.307 e. The fourth-order valence-corrected chi connectivity index (χ4v) is 1.57. The number of nitrogens with two attached hydrogens (primary N) is 1. The van der Waals surface area contributed by atoms with Gasteiger partial charge in [-0.05, 0) is 24.0 Å². The molecule has 0 bridgehead atoms. The van der Waals surface area contributed by atoms with Crippen molar-refractivity contribution in [2.45, 2.75) is 39.2 Å². The number of hydrogen-bond donors (Lipinski definition) is 1. The van der Waals surface area contributed by atoms with E-state index in [0.29, 0.717) is 6.61 Å². The van der Waals surface area contributed by atoms with Crippen LogP contribution in [0.15, 0.2) is 24.3 Å². The van der Waals surface area contributed by atoms with Crippen LogP contribution in [-0.2, 0) is 16.0 Å². The lowest BCUT2D eigenvalue weighted by atomic mass is 10.0. The molecule has 0 aliphatic carbocycles. The van der Waals surface area contributed by atoms with Crippen molar-refractivity contribution < 1.29 is 9.53 Å². The Morgan fingerprint density at radius 3 is 2.47 bits per heavy atom. The second kappa shape index (κ2) is 7.07. The number of carbonyl (C=O) groups is 1. The van der Waals surface area contributed by atoms with Crippen LogP contribution < -0.4 is 5.73 Å². The van der Waals surface area contributed by atoms with E-state index >= 15 is 0 Å². The van der Waals surface area contributed by atoms with Gasteiger partial charge in [0.15, 0.2) is 0 Å². The van der Waals surface area contributed by atoms with Crippen LogP contribution in [0, 0.1) is 0 Å². The molecular weight excluding hydrogens is 214 g/mol. The van der Waals surface area contributed by atoms with Gasteiger partial charge in [-0.3, -0.25) is 4.79 Å². The van der Waals surface area contributed by atoms with E-state index in [1.165, 1.54) is 5.56 Å². The SMILES string of the molecule is CCCOC(=O)CC(N)c1ccc(CC)cc1. The highest BCUT2D eigenvalue weighted by atomic mass is 16.5.